The minimum atomic E-state index is -1.11. The van der Waals surface area contributed by atoms with E-state index < -0.39 is 34.1 Å². The number of nitrogens with zero attached hydrogens (tertiary/aromatic N) is 1. The Hall–Kier alpha value is -1.68. The molecule has 1 unspecified atom stereocenters. The predicted octanol–water partition coefficient (Wildman–Crippen LogP) is 1.57. The Labute approximate surface area is 132 Å². The van der Waals surface area contributed by atoms with Crippen molar-refractivity contribution in [3.8, 4) is 0 Å². The fraction of sp³-hybridized carbons (Fsp3) is 0.231. The number of nitrogens with one attached hydrogen (secondary N) is 1. The summed E-state index contributed by atoms with van der Waals surface area (Å²) in [7, 11) is 0. The van der Waals surface area contributed by atoms with E-state index in [1.165, 1.54) is 6.07 Å². The van der Waals surface area contributed by atoms with Gasteiger partial charge >= 0.3 is 17.8 Å². The maximum Gasteiger partial charge on any atom is 0.438 e. The molecule has 108 valence electrons. The van der Waals surface area contributed by atoms with Crippen LogP contribution in [0.3, 0.4) is 0 Å². The number of hydrogen-bond acceptors (Lipinski definition) is 4. The number of amides is 5. The fourth-order valence-electron chi connectivity index (χ4n) is 2.65. The predicted molar refractivity (Wildman–Crippen MR) is 75.7 cm³/mol. The summed E-state index contributed by atoms with van der Waals surface area (Å²) in [5.41, 5.74) is -0.0855. The molecule has 1 spiro atoms. The van der Waals surface area contributed by atoms with Gasteiger partial charge in [0.1, 0.15) is 17.9 Å². The number of imide groups is 4. The van der Waals surface area contributed by atoms with E-state index in [-0.39, 0.29) is 34.1 Å². The van der Waals surface area contributed by atoms with Gasteiger partial charge in [0.05, 0.1) is 5.56 Å². The van der Waals surface area contributed by atoms with E-state index in [0.717, 1.165) is 6.07 Å². The summed E-state index contributed by atoms with van der Waals surface area (Å²) in [5.74, 6) is -2.63. The van der Waals surface area contributed by atoms with Crippen LogP contribution in [0.5, 0.6) is 0 Å². The van der Waals surface area contributed by atoms with Gasteiger partial charge in [-0.05, 0) is 34.7 Å². The van der Waals surface area contributed by atoms with E-state index >= 15 is 0 Å². The van der Waals surface area contributed by atoms with Crippen LogP contribution < -0.4 is 5.32 Å². The minimum absolute atomic E-state index is 0.0234. The van der Waals surface area contributed by atoms with Crippen LogP contribution in [0.1, 0.15) is 33.6 Å². The van der Waals surface area contributed by atoms with Gasteiger partial charge < -0.3 is 0 Å². The SMILES string of the molecule is O=C1CCC[N+]2(C(=O)N1)C(=O)c1cc(F)c(I)cc1C2=O. The third-order valence-corrected chi connectivity index (χ3v) is 4.53. The number of quaternary nitrogens is 1. The molecule has 2 aliphatic rings. The van der Waals surface area contributed by atoms with E-state index in [1.54, 1.807) is 22.6 Å². The molecule has 3 rings (SSSR count). The molecule has 2 heterocycles. The lowest BCUT2D eigenvalue weighted by Crippen LogP contribution is -2.60. The zero-order chi connectivity index (χ0) is 15.4. The van der Waals surface area contributed by atoms with E-state index in [4.69, 9.17) is 0 Å². The first-order valence-corrected chi connectivity index (χ1v) is 7.27. The molecule has 0 aliphatic carbocycles. The summed E-state index contributed by atoms with van der Waals surface area (Å²) in [6.45, 7) is -0.0951. The van der Waals surface area contributed by atoms with E-state index in [2.05, 4.69) is 5.32 Å². The molecule has 1 saturated heterocycles. The second-order valence-electron chi connectivity index (χ2n) is 4.91. The molecule has 0 radical (unpaired) electrons. The molecule has 8 heteroatoms. The summed E-state index contributed by atoms with van der Waals surface area (Å²) >= 11 is 1.71. The van der Waals surface area contributed by atoms with E-state index in [1.807, 2.05) is 0 Å². The molecule has 0 aromatic heterocycles. The lowest BCUT2D eigenvalue weighted by atomic mass is 10.1. The first-order valence-electron chi connectivity index (χ1n) is 6.19. The van der Waals surface area contributed by atoms with Gasteiger partial charge in [0.25, 0.3) is 0 Å². The standard InChI is InChI=1S/C13H8FIN2O4/c14-8-4-6-7(5-9(8)15)12(20)17(11(6)19)3-1-2-10(18)16-13(17)21/h4-5H,1-3H2/p+1. The number of urea groups is 1. The summed E-state index contributed by atoms with van der Waals surface area (Å²) in [6.07, 6.45) is 0.289. The van der Waals surface area contributed by atoms with Gasteiger partial charge in [0, 0.05) is 16.4 Å². The third kappa shape index (κ3) is 1.85. The van der Waals surface area contributed by atoms with Gasteiger partial charge in [0.15, 0.2) is 0 Å². The first kappa shape index (κ1) is 14.3. The maximum atomic E-state index is 13.6. The zero-order valence-corrected chi connectivity index (χ0v) is 12.8. The summed E-state index contributed by atoms with van der Waals surface area (Å²) in [4.78, 5) is 48.7. The van der Waals surface area contributed by atoms with Gasteiger partial charge in [-0.25, -0.2) is 24.1 Å². The molecular formula is C13H9FIN2O4+. The lowest BCUT2D eigenvalue weighted by molar-refractivity contribution is -0.676. The van der Waals surface area contributed by atoms with Gasteiger partial charge in [-0.3, -0.25) is 4.79 Å². The van der Waals surface area contributed by atoms with Crippen molar-refractivity contribution >= 4 is 46.3 Å². The second kappa shape index (κ2) is 4.67. The molecule has 1 aromatic rings. The van der Waals surface area contributed by atoms with Gasteiger partial charge in [-0.2, -0.15) is 0 Å². The largest absolute Gasteiger partial charge is 0.438 e. The van der Waals surface area contributed by atoms with Crippen molar-refractivity contribution in [3.05, 3.63) is 32.6 Å². The van der Waals surface area contributed by atoms with Crippen LogP contribution in [-0.2, 0) is 4.79 Å². The number of benzene rings is 1. The lowest BCUT2D eigenvalue weighted by Gasteiger charge is -2.22. The summed E-state index contributed by atoms with van der Waals surface area (Å²) in [6, 6.07) is 1.28. The maximum absolute atomic E-state index is 13.6. The fourth-order valence-corrected chi connectivity index (χ4v) is 3.11. The Morgan fingerprint density at radius 1 is 1.10 bits per heavy atom. The molecular weight excluding hydrogens is 394 g/mol. The van der Waals surface area contributed by atoms with Crippen molar-refractivity contribution in [2.24, 2.45) is 0 Å². The van der Waals surface area contributed by atoms with Crippen molar-refractivity contribution < 1.29 is 28.1 Å². The van der Waals surface area contributed by atoms with Crippen LogP contribution in [-0.4, -0.2) is 34.8 Å². The molecule has 5 amide bonds. The number of hydrogen-bond donors (Lipinski definition) is 1. The molecule has 0 saturated carbocycles. The minimum Gasteiger partial charge on any atom is -0.274 e. The first-order chi connectivity index (χ1) is 9.87. The number of carbonyl (C=O) groups is 4. The molecule has 0 bridgehead atoms. The Balaban J connectivity index is 2.19. The van der Waals surface area contributed by atoms with Crippen LogP contribution in [0.4, 0.5) is 9.18 Å². The third-order valence-electron chi connectivity index (χ3n) is 3.71. The second-order valence-corrected chi connectivity index (χ2v) is 6.07. The Kier molecular flexibility index (Phi) is 3.17. The number of fused-ring (bicyclic) bond motifs is 1. The van der Waals surface area contributed by atoms with Crippen LogP contribution in [0.2, 0.25) is 0 Å². The normalized spacial score (nSPS) is 25.0. The molecule has 2 aliphatic heterocycles. The van der Waals surface area contributed by atoms with Crippen molar-refractivity contribution in [1.29, 1.82) is 0 Å². The van der Waals surface area contributed by atoms with Crippen LogP contribution in [0.25, 0.3) is 0 Å². The summed E-state index contributed by atoms with van der Waals surface area (Å²) < 4.78 is 12.7. The Bertz CT molecular complexity index is 690. The van der Waals surface area contributed by atoms with Gasteiger partial charge in [-0.1, -0.05) is 0 Å². The highest BCUT2D eigenvalue weighted by Crippen LogP contribution is 2.34. The van der Waals surface area contributed by atoms with Crippen LogP contribution >= 0.6 is 22.6 Å². The molecule has 1 fully saturated rings. The van der Waals surface area contributed by atoms with Crippen molar-refractivity contribution in [3.63, 3.8) is 0 Å². The molecule has 21 heavy (non-hydrogen) atoms. The van der Waals surface area contributed by atoms with Crippen LogP contribution in [0.15, 0.2) is 12.1 Å². The highest BCUT2D eigenvalue weighted by molar-refractivity contribution is 14.1. The van der Waals surface area contributed by atoms with E-state index in [0.29, 0.717) is 0 Å². The quantitative estimate of drug-likeness (QED) is 0.405. The Morgan fingerprint density at radius 2 is 1.71 bits per heavy atom. The van der Waals surface area contributed by atoms with Gasteiger partial charge in [0.2, 0.25) is 5.91 Å². The average Bonchev–Trinajstić information content (AvgIpc) is 2.55. The number of halogens is 2. The van der Waals surface area contributed by atoms with Crippen molar-refractivity contribution in [2.45, 2.75) is 12.8 Å². The number of carbonyl (C=O) groups excluding carboxylic acids is 4. The van der Waals surface area contributed by atoms with Crippen molar-refractivity contribution in [1.82, 2.24) is 5.32 Å². The monoisotopic (exact) mass is 403 g/mol. The molecule has 1 aromatic carbocycles. The topological polar surface area (TPSA) is 80.3 Å². The van der Waals surface area contributed by atoms with Gasteiger partial charge in [-0.15, -0.1) is 4.48 Å². The number of rotatable bonds is 0. The highest BCUT2D eigenvalue weighted by Gasteiger charge is 2.60. The summed E-state index contributed by atoms with van der Waals surface area (Å²) in [5, 5.41) is 2.06. The van der Waals surface area contributed by atoms with E-state index in [9.17, 15) is 23.6 Å². The molecule has 1 atom stereocenters. The zero-order valence-electron chi connectivity index (χ0n) is 10.6. The average molecular weight is 403 g/mol. The molecule has 1 N–H and O–H groups in total. The molecule has 6 nitrogen and oxygen atoms in total. The highest BCUT2D eigenvalue weighted by atomic mass is 127. The van der Waals surface area contributed by atoms with Crippen LogP contribution in [0, 0.1) is 9.39 Å². The van der Waals surface area contributed by atoms with Crippen molar-refractivity contribution in [2.75, 3.05) is 6.54 Å². The Morgan fingerprint density at radius 3 is 2.38 bits per heavy atom. The smallest absolute Gasteiger partial charge is 0.274 e.